The summed E-state index contributed by atoms with van der Waals surface area (Å²) in [5, 5.41) is 5.96. The van der Waals surface area contributed by atoms with Gasteiger partial charge in [-0.3, -0.25) is 19.4 Å². The molecular weight excluding hydrogens is 304 g/mol. The zero-order valence-electron chi connectivity index (χ0n) is 15.9. The van der Waals surface area contributed by atoms with Gasteiger partial charge in [-0.1, -0.05) is 26.7 Å². The van der Waals surface area contributed by atoms with E-state index >= 15 is 0 Å². The quantitative estimate of drug-likeness (QED) is 0.587. The fraction of sp³-hybridized carbons (Fsp3) is 0.889. The highest BCUT2D eigenvalue weighted by Crippen LogP contribution is 2.14. The van der Waals surface area contributed by atoms with Crippen LogP contribution in [0.15, 0.2) is 0 Å². The van der Waals surface area contributed by atoms with Crippen molar-refractivity contribution in [1.29, 1.82) is 0 Å². The Labute approximate surface area is 147 Å². The molecule has 140 valence electrons. The molecule has 1 aliphatic rings. The Morgan fingerprint density at radius 3 is 1.54 bits per heavy atom. The molecule has 1 fully saturated rings. The topological polar surface area (TPSA) is 64.7 Å². The standard InChI is InChI=1S/C18H36N4O2/c1-5-7-9-19-17(23)13-21-11-16(4)22(12-15(21)3)14-18(24)20-10-8-6-2/h15-16H,5-14H2,1-4H3,(H,19,23)(H,20,24)/t15-,16+. The lowest BCUT2D eigenvalue weighted by Gasteiger charge is -2.43. The summed E-state index contributed by atoms with van der Waals surface area (Å²) in [6.07, 6.45) is 4.23. The van der Waals surface area contributed by atoms with Crippen LogP contribution in [0, 0.1) is 0 Å². The molecule has 0 aromatic rings. The van der Waals surface area contributed by atoms with Crippen LogP contribution in [0.4, 0.5) is 0 Å². The summed E-state index contributed by atoms with van der Waals surface area (Å²) >= 11 is 0. The first-order valence-corrected chi connectivity index (χ1v) is 9.49. The maximum absolute atomic E-state index is 12.0. The Morgan fingerprint density at radius 1 is 0.833 bits per heavy atom. The molecule has 0 aliphatic carbocycles. The fourth-order valence-electron chi connectivity index (χ4n) is 3.00. The lowest BCUT2D eigenvalue weighted by atomic mass is 10.1. The molecule has 1 saturated heterocycles. The van der Waals surface area contributed by atoms with E-state index in [0.717, 1.165) is 51.9 Å². The highest BCUT2D eigenvalue weighted by Gasteiger charge is 2.30. The number of rotatable bonds is 10. The molecule has 2 amide bonds. The summed E-state index contributed by atoms with van der Waals surface area (Å²) in [4.78, 5) is 28.5. The third-order valence-corrected chi connectivity index (χ3v) is 4.64. The van der Waals surface area contributed by atoms with Gasteiger partial charge in [0.1, 0.15) is 0 Å². The highest BCUT2D eigenvalue weighted by molar-refractivity contribution is 5.78. The zero-order chi connectivity index (χ0) is 17.9. The molecule has 1 aliphatic heterocycles. The van der Waals surface area contributed by atoms with Gasteiger partial charge in [0.15, 0.2) is 0 Å². The van der Waals surface area contributed by atoms with Gasteiger partial charge in [0.05, 0.1) is 13.1 Å². The van der Waals surface area contributed by atoms with Gasteiger partial charge in [-0.05, 0) is 26.7 Å². The summed E-state index contributed by atoms with van der Waals surface area (Å²) in [5.41, 5.74) is 0. The molecule has 0 bridgehead atoms. The summed E-state index contributed by atoms with van der Waals surface area (Å²) in [6.45, 7) is 12.6. The van der Waals surface area contributed by atoms with Crippen LogP contribution < -0.4 is 10.6 Å². The predicted molar refractivity (Wildman–Crippen MR) is 97.9 cm³/mol. The van der Waals surface area contributed by atoms with Gasteiger partial charge in [-0.25, -0.2) is 0 Å². The number of carbonyl (C=O) groups excluding carboxylic acids is 2. The Balaban J connectivity index is 2.37. The average molecular weight is 341 g/mol. The van der Waals surface area contributed by atoms with E-state index in [0.29, 0.717) is 13.1 Å². The van der Waals surface area contributed by atoms with Crippen LogP contribution in [0.1, 0.15) is 53.4 Å². The summed E-state index contributed by atoms with van der Waals surface area (Å²) in [7, 11) is 0. The third kappa shape index (κ3) is 7.62. The summed E-state index contributed by atoms with van der Waals surface area (Å²) in [6, 6.07) is 0.558. The number of hydrogen-bond acceptors (Lipinski definition) is 4. The van der Waals surface area contributed by atoms with Gasteiger partial charge in [-0.15, -0.1) is 0 Å². The van der Waals surface area contributed by atoms with E-state index < -0.39 is 0 Å². The van der Waals surface area contributed by atoms with Crippen LogP contribution in [0.5, 0.6) is 0 Å². The van der Waals surface area contributed by atoms with E-state index in [2.05, 4.69) is 48.1 Å². The second kappa shape index (κ2) is 11.4. The van der Waals surface area contributed by atoms with E-state index in [4.69, 9.17) is 0 Å². The molecule has 0 saturated carbocycles. The Morgan fingerprint density at radius 2 is 1.21 bits per heavy atom. The van der Waals surface area contributed by atoms with Gasteiger partial charge >= 0.3 is 0 Å². The van der Waals surface area contributed by atoms with Gasteiger partial charge in [-0.2, -0.15) is 0 Å². The van der Waals surface area contributed by atoms with Gasteiger partial charge < -0.3 is 10.6 Å². The second-order valence-electron chi connectivity index (χ2n) is 6.96. The van der Waals surface area contributed by atoms with Crippen molar-refractivity contribution in [3.05, 3.63) is 0 Å². The van der Waals surface area contributed by atoms with Crippen molar-refractivity contribution in [1.82, 2.24) is 20.4 Å². The Kier molecular flexibility index (Phi) is 9.95. The number of unbranched alkanes of at least 4 members (excludes halogenated alkanes) is 2. The van der Waals surface area contributed by atoms with Crippen molar-refractivity contribution < 1.29 is 9.59 Å². The molecule has 0 aromatic carbocycles. The highest BCUT2D eigenvalue weighted by atomic mass is 16.2. The van der Waals surface area contributed by atoms with Crippen molar-refractivity contribution in [2.75, 3.05) is 39.3 Å². The van der Waals surface area contributed by atoms with Crippen LogP contribution >= 0.6 is 0 Å². The predicted octanol–water partition coefficient (Wildman–Crippen LogP) is 1.21. The average Bonchev–Trinajstić information content (AvgIpc) is 2.52. The van der Waals surface area contributed by atoms with Crippen LogP contribution in [0.3, 0.4) is 0 Å². The molecule has 0 unspecified atom stereocenters. The first-order valence-electron chi connectivity index (χ1n) is 9.49. The van der Waals surface area contributed by atoms with Crippen LogP contribution in [0.25, 0.3) is 0 Å². The van der Waals surface area contributed by atoms with Crippen LogP contribution in [0.2, 0.25) is 0 Å². The maximum atomic E-state index is 12.0. The number of nitrogens with one attached hydrogen (secondary N) is 2. The first kappa shape index (κ1) is 20.9. The Bertz CT molecular complexity index is 353. The third-order valence-electron chi connectivity index (χ3n) is 4.64. The molecule has 0 aromatic heterocycles. The second-order valence-corrected chi connectivity index (χ2v) is 6.96. The molecule has 0 radical (unpaired) electrons. The first-order chi connectivity index (χ1) is 11.5. The molecule has 2 atom stereocenters. The summed E-state index contributed by atoms with van der Waals surface area (Å²) in [5.74, 6) is 0.210. The summed E-state index contributed by atoms with van der Waals surface area (Å²) < 4.78 is 0. The van der Waals surface area contributed by atoms with Crippen molar-refractivity contribution in [2.24, 2.45) is 0 Å². The minimum Gasteiger partial charge on any atom is -0.355 e. The fourth-order valence-corrected chi connectivity index (χ4v) is 3.00. The van der Waals surface area contributed by atoms with E-state index in [-0.39, 0.29) is 23.9 Å². The lowest BCUT2D eigenvalue weighted by molar-refractivity contribution is -0.127. The van der Waals surface area contributed by atoms with Crippen molar-refractivity contribution in [2.45, 2.75) is 65.5 Å². The van der Waals surface area contributed by atoms with Gasteiger partial charge in [0, 0.05) is 38.3 Å². The minimum atomic E-state index is 0.105. The van der Waals surface area contributed by atoms with Crippen LogP contribution in [-0.4, -0.2) is 73.0 Å². The van der Waals surface area contributed by atoms with E-state index in [1.165, 1.54) is 0 Å². The van der Waals surface area contributed by atoms with Crippen LogP contribution in [-0.2, 0) is 9.59 Å². The van der Waals surface area contributed by atoms with Crippen molar-refractivity contribution in [3.63, 3.8) is 0 Å². The molecule has 6 nitrogen and oxygen atoms in total. The van der Waals surface area contributed by atoms with E-state index in [1.54, 1.807) is 0 Å². The number of piperazine rings is 1. The molecule has 1 rings (SSSR count). The van der Waals surface area contributed by atoms with Gasteiger partial charge in [0.25, 0.3) is 0 Å². The van der Waals surface area contributed by atoms with Gasteiger partial charge in [0.2, 0.25) is 11.8 Å². The SMILES string of the molecule is CCCCNC(=O)CN1C[C@H](C)N(CC(=O)NCCCC)C[C@H]1C. The normalized spacial score (nSPS) is 22.3. The largest absolute Gasteiger partial charge is 0.355 e. The molecule has 1 heterocycles. The van der Waals surface area contributed by atoms with E-state index in [9.17, 15) is 9.59 Å². The van der Waals surface area contributed by atoms with E-state index in [1.807, 2.05) is 0 Å². The number of nitrogens with zero attached hydrogens (tertiary/aromatic N) is 2. The maximum Gasteiger partial charge on any atom is 0.234 e. The minimum absolute atomic E-state index is 0.105. The smallest absolute Gasteiger partial charge is 0.234 e. The zero-order valence-corrected chi connectivity index (χ0v) is 15.9. The molecular formula is C18H36N4O2. The molecule has 6 heteroatoms. The number of carbonyl (C=O) groups is 2. The Hall–Kier alpha value is -1.14. The monoisotopic (exact) mass is 340 g/mol. The lowest BCUT2D eigenvalue weighted by Crippen LogP contribution is -2.59. The van der Waals surface area contributed by atoms with Crippen molar-refractivity contribution >= 4 is 11.8 Å². The molecule has 2 N–H and O–H groups in total. The number of hydrogen-bond donors (Lipinski definition) is 2. The number of amides is 2. The van der Waals surface area contributed by atoms with Crippen molar-refractivity contribution in [3.8, 4) is 0 Å². The molecule has 0 spiro atoms. The molecule has 24 heavy (non-hydrogen) atoms.